The molecule has 1 unspecified atom stereocenters. The smallest absolute Gasteiger partial charge is 0.291 e. The number of hydrogen-bond donors (Lipinski definition) is 0. The van der Waals surface area contributed by atoms with Crippen LogP contribution in [-0.4, -0.2) is 29.8 Å². The van der Waals surface area contributed by atoms with Crippen LogP contribution in [0.15, 0.2) is 64.3 Å². The van der Waals surface area contributed by atoms with Crippen LogP contribution < -0.4 is 10.3 Å². The van der Waals surface area contributed by atoms with E-state index in [9.17, 15) is 14.4 Å². The van der Waals surface area contributed by atoms with Gasteiger partial charge in [-0.3, -0.25) is 14.4 Å². The van der Waals surface area contributed by atoms with E-state index in [-0.39, 0.29) is 34.7 Å². The summed E-state index contributed by atoms with van der Waals surface area (Å²) in [6.45, 7) is 6.28. The van der Waals surface area contributed by atoms with Crippen LogP contribution in [0.25, 0.3) is 11.0 Å². The molecule has 0 bridgehead atoms. The van der Waals surface area contributed by atoms with Crippen LogP contribution in [0.3, 0.4) is 0 Å². The standard InChI is InChI=1S/C24H19ClN2O4/c1-3-11-26-17-8-6-5-7-16(17)24(23(26)30)19-20(28)15-13-14(25)9-10-18(15)31-21(19)22(29)27(24)12-4-2/h4-10,13H,2-3,11-12H2,1H3. The molecule has 0 saturated heterocycles. The minimum absolute atomic E-state index is 0.0465. The second-order valence-electron chi connectivity index (χ2n) is 7.66. The van der Waals surface area contributed by atoms with E-state index < -0.39 is 16.9 Å². The monoisotopic (exact) mass is 434 g/mol. The quantitative estimate of drug-likeness (QED) is 0.580. The fourth-order valence-electron chi connectivity index (χ4n) is 4.79. The highest BCUT2D eigenvalue weighted by atomic mass is 35.5. The highest BCUT2D eigenvalue weighted by Gasteiger charge is 2.64. The molecule has 0 aliphatic carbocycles. The van der Waals surface area contributed by atoms with Gasteiger partial charge in [0.05, 0.1) is 16.6 Å². The van der Waals surface area contributed by atoms with E-state index in [1.807, 2.05) is 19.1 Å². The normalized spacial score (nSPS) is 19.4. The Hall–Kier alpha value is -3.38. The van der Waals surface area contributed by atoms with E-state index in [4.69, 9.17) is 16.0 Å². The molecule has 2 amide bonds. The molecule has 5 rings (SSSR count). The van der Waals surface area contributed by atoms with Gasteiger partial charge in [0.25, 0.3) is 11.8 Å². The van der Waals surface area contributed by atoms with Crippen LogP contribution >= 0.6 is 11.6 Å². The molecule has 156 valence electrons. The molecule has 0 saturated carbocycles. The lowest BCUT2D eigenvalue weighted by Crippen LogP contribution is -2.53. The molecular formula is C24H19ClN2O4. The maximum absolute atomic E-state index is 14.0. The lowest BCUT2D eigenvalue weighted by atomic mass is 9.84. The lowest BCUT2D eigenvalue weighted by molar-refractivity contribution is -0.125. The number of halogens is 1. The van der Waals surface area contributed by atoms with E-state index in [1.165, 1.54) is 11.0 Å². The largest absolute Gasteiger partial charge is 0.450 e. The fraction of sp³-hybridized carbons (Fsp3) is 0.208. The Morgan fingerprint density at radius 2 is 1.94 bits per heavy atom. The van der Waals surface area contributed by atoms with Crippen molar-refractivity contribution in [2.45, 2.75) is 18.9 Å². The Balaban J connectivity index is 1.94. The van der Waals surface area contributed by atoms with E-state index in [0.29, 0.717) is 22.8 Å². The predicted molar refractivity (Wildman–Crippen MR) is 119 cm³/mol. The summed E-state index contributed by atoms with van der Waals surface area (Å²) in [6.07, 6.45) is 2.27. The molecule has 3 aromatic rings. The summed E-state index contributed by atoms with van der Waals surface area (Å²) in [7, 11) is 0. The van der Waals surface area contributed by atoms with Crippen LogP contribution in [0.4, 0.5) is 5.69 Å². The second kappa shape index (κ2) is 6.82. The van der Waals surface area contributed by atoms with Crippen molar-refractivity contribution in [3.05, 3.63) is 87.3 Å². The SMILES string of the molecule is C=CCN1C(=O)c2oc3ccc(Cl)cc3c(=O)c2C12C(=O)N(CCC)c1ccccc12. The summed E-state index contributed by atoms with van der Waals surface area (Å²) < 4.78 is 5.92. The van der Waals surface area contributed by atoms with Crippen molar-refractivity contribution in [2.24, 2.45) is 0 Å². The van der Waals surface area contributed by atoms with Gasteiger partial charge in [0, 0.05) is 23.7 Å². The molecule has 0 radical (unpaired) electrons. The summed E-state index contributed by atoms with van der Waals surface area (Å²) in [6, 6.07) is 11.9. The first-order valence-corrected chi connectivity index (χ1v) is 10.5. The summed E-state index contributed by atoms with van der Waals surface area (Å²) in [4.78, 5) is 44.3. The first-order chi connectivity index (χ1) is 15.0. The van der Waals surface area contributed by atoms with Gasteiger partial charge in [-0.05, 0) is 30.7 Å². The molecule has 1 aromatic heterocycles. The Bertz CT molecular complexity index is 1350. The van der Waals surface area contributed by atoms with E-state index in [2.05, 4.69) is 6.58 Å². The number of rotatable bonds is 4. The average molecular weight is 435 g/mol. The number of nitrogens with zero attached hydrogens (tertiary/aromatic N) is 2. The Morgan fingerprint density at radius 3 is 2.68 bits per heavy atom. The summed E-state index contributed by atoms with van der Waals surface area (Å²) in [5.41, 5.74) is -0.443. The van der Waals surface area contributed by atoms with Crippen LogP contribution in [0.5, 0.6) is 0 Å². The van der Waals surface area contributed by atoms with Gasteiger partial charge in [-0.1, -0.05) is 42.8 Å². The Kier molecular flexibility index (Phi) is 4.31. The van der Waals surface area contributed by atoms with Crippen molar-refractivity contribution in [2.75, 3.05) is 18.0 Å². The van der Waals surface area contributed by atoms with Crippen molar-refractivity contribution in [1.29, 1.82) is 0 Å². The van der Waals surface area contributed by atoms with Gasteiger partial charge in [0.1, 0.15) is 5.58 Å². The summed E-state index contributed by atoms with van der Waals surface area (Å²) in [5, 5.41) is 0.602. The Morgan fingerprint density at radius 1 is 1.16 bits per heavy atom. The number of carbonyl (C=O) groups excluding carboxylic acids is 2. The third-order valence-electron chi connectivity index (χ3n) is 5.96. The van der Waals surface area contributed by atoms with Gasteiger partial charge in [0.15, 0.2) is 11.0 Å². The number of amides is 2. The minimum atomic E-state index is -1.59. The zero-order valence-electron chi connectivity index (χ0n) is 16.9. The van der Waals surface area contributed by atoms with Gasteiger partial charge in [-0.15, -0.1) is 6.58 Å². The van der Waals surface area contributed by atoms with Gasteiger partial charge < -0.3 is 14.2 Å². The zero-order valence-corrected chi connectivity index (χ0v) is 17.6. The maximum atomic E-state index is 14.0. The molecule has 7 heteroatoms. The third kappa shape index (κ3) is 2.36. The summed E-state index contributed by atoms with van der Waals surface area (Å²) in [5.74, 6) is -0.952. The first kappa shape index (κ1) is 19.6. The van der Waals surface area contributed by atoms with Crippen LogP contribution in [-0.2, 0) is 10.3 Å². The zero-order chi connectivity index (χ0) is 21.9. The van der Waals surface area contributed by atoms with Crippen molar-refractivity contribution in [3.8, 4) is 0 Å². The van der Waals surface area contributed by atoms with Crippen molar-refractivity contribution in [3.63, 3.8) is 0 Å². The van der Waals surface area contributed by atoms with Crippen molar-refractivity contribution >= 4 is 40.1 Å². The van der Waals surface area contributed by atoms with Gasteiger partial charge in [-0.2, -0.15) is 0 Å². The molecule has 0 fully saturated rings. The van der Waals surface area contributed by atoms with Gasteiger partial charge >= 0.3 is 0 Å². The molecule has 31 heavy (non-hydrogen) atoms. The van der Waals surface area contributed by atoms with Crippen LogP contribution in [0, 0.1) is 0 Å². The molecule has 2 aliphatic rings. The number of carbonyl (C=O) groups is 2. The van der Waals surface area contributed by atoms with Crippen molar-refractivity contribution < 1.29 is 14.0 Å². The number of benzene rings is 2. The molecule has 1 atom stereocenters. The number of fused-ring (bicyclic) bond motifs is 5. The molecule has 0 N–H and O–H groups in total. The fourth-order valence-corrected chi connectivity index (χ4v) is 4.96. The highest BCUT2D eigenvalue weighted by Crippen LogP contribution is 2.52. The third-order valence-corrected chi connectivity index (χ3v) is 6.19. The molecule has 6 nitrogen and oxygen atoms in total. The van der Waals surface area contributed by atoms with Crippen molar-refractivity contribution in [1.82, 2.24) is 4.90 Å². The van der Waals surface area contributed by atoms with E-state index in [0.717, 1.165) is 6.42 Å². The second-order valence-corrected chi connectivity index (χ2v) is 8.10. The molecule has 2 aromatic carbocycles. The predicted octanol–water partition coefficient (Wildman–Crippen LogP) is 4.09. The summed E-state index contributed by atoms with van der Waals surface area (Å²) >= 11 is 6.13. The molecule has 2 aliphatic heterocycles. The van der Waals surface area contributed by atoms with Crippen LogP contribution in [0.2, 0.25) is 5.02 Å². The van der Waals surface area contributed by atoms with E-state index in [1.54, 1.807) is 35.2 Å². The minimum Gasteiger partial charge on any atom is -0.450 e. The highest BCUT2D eigenvalue weighted by molar-refractivity contribution is 6.31. The topological polar surface area (TPSA) is 70.8 Å². The first-order valence-electron chi connectivity index (χ1n) is 10.1. The van der Waals surface area contributed by atoms with Gasteiger partial charge in [-0.25, -0.2) is 0 Å². The Labute approximate surface area is 183 Å². The number of hydrogen-bond acceptors (Lipinski definition) is 4. The molecular weight excluding hydrogens is 416 g/mol. The van der Waals surface area contributed by atoms with E-state index >= 15 is 0 Å². The lowest BCUT2D eigenvalue weighted by Gasteiger charge is -2.33. The molecule has 1 spiro atoms. The number of para-hydroxylation sites is 1. The average Bonchev–Trinajstić information content (AvgIpc) is 3.15. The number of anilines is 1. The van der Waals surface area contributed by atoms with Crippen LogP contribution in [0.1, 0.15) is 35.0 Å². The molecule has 3 heterocycles. The van der Waals surface area contributed by atoms with Gasteiger partial charge in [0.2, 0.25) is 5.76 Å². The maximum Gasteiger partial charge on any atom is 0.291 e.